The minimum Gasteiger partial charge on any atom is -0.490 e. The molecule has 0 saturated carbocycles. The summed E-state index contributed by atoms with van der Waals surface area (Å²) in [4.78, 5) is 7.58. The van der Waals surface area contributed by atoms with Crippen molar-refractivity contribution < 1.29 is 18.3 Å². The van der Waals surface area contributed by atoms with Crippen LogP contribution in [0.25, 0.3) is 10.9 Å². The van der Waals surface area contributed by atoms with E-state index in [4.69, 9.17) is 9.47 Å². The van der Waals surface area contributed by atoms with Crippen molar-refractivity contribution in [2.24, 2.45) is 4.99 Å². The van der Waals surface area contributed by atoms with Crippen LogP contribution in [0.4, 0.5) is 8.78 Å². The Bertz CT molecular complexity index is 955. The largest absolute Gasteiger partial charge is 0.490 e. The van der Waals surface area contributed by atoms with Gasteiger partial charge >= 0.3 is 6.61 Å². The number of guanidine groups is 1. The van der Waals surface area contributed by atoms with Gasteiger partial charge in [0.25, 0.3) is 0 Å². The van der Waals surface area contributed by atoms with Gasteiger partial charge in [-0.3, -0.25) is 4.99 Å². The fraction of sp³-hybridized carbons (Fsp3) is 0.318. The summed E-state index contributed by atoms with van der Waals surface area (Å²) < 4.78 is 35.8. The number of benzene rings is 2. The van der Waals surface area contributed by atoms with Crippen LogP contribution in [0.2, 0.25) is 0 Å². The molecule has 8 heteroatoms. The molecule has 0 amide bonds. The maximum atomic E-state index is 12.9. The molecule has 3 aromatic rings. The first-order chi connectivity index (χ1) is 14.6. The molecule has 3 rings (SSSR count). The first-order valence-corrected chi connectivity index (χ1v) is 9.81. The Morgan fingerprint density at radius 2 is 1.97 bits per heavy atom. The molecule has 1 aromatic heterocycles. The second-order valence-corrected chi connectivity index (χ2v) is 6.54. The Labute approximate surface area is 174 Å². The monoisotopic (exact) mass is 416 g/mol. The van der Waals surface area contributed by atoms with E-state index in [1.807, 2.05) is 18.2 Å². The summed E-state index contributed by atoms with van der Waals surface area (Å²) in [6.07, 6.45) is 0.787. The molecule has 0 unspecified atom stereocenters. The van der Waals surface area contributed by atoms with Gasteiger partial charge in [-0.1, -0.05) is 30.3 Å². The molecule has 3 N–H and O–H groups in total. The van der Waals surface area contributed by atoms with Crippen LogP contribution in [0.1, 0.15) is 18.2 Å². The number of hydrogen-bond donors (Lipinski definition) is 3. The zero-order chi connectivity index (χ0) is 21.3. The molecule has 0 radical (unpaired) electrons. The van der Waals surface area contributed by atoms with Gasteiger partial charge in [0, 0.05) is 43.3 Å². The third-order valence-electron chi connectivity index (χ3n) is 4.51. The number of alkyl halides is 2. The Balaban J connectivity index is 1.57. The third kappa shape index (κ3) is 5.62. The molecular weight excluding hydrogens is 390 g/mol. The number of aromatic nitrogens is 1. The van der Waals surface area contributed by atoms with Gasteiger partial charge in [-0.05, 0) is 30.5 Å². The SMILES string of the molecule is CCOc1cccc(CNC(=NC)NCCc2cc3ccccc3[nH]2)c1OC(F)F. The van der Waals surface area contributed by atoms with Crippen LogP contribution in [0.3, 0.4) is 0 Å². The molecule has 0 saturated heterocycles. The van der Waals surface area contributed by atoms with E-state index in [0.29, 0.717) is 30.4 Å². The van der Waals surface area contributed by atoms with Crippen LogP contribution in [-0.4, -0.2) is 37.8 Å². The van der Waals surface area contributed by atoms with Crippen LogP contribution in [0, 0.1) is 0 Å². The van der Waals surface area contributed by atoms with Gasteiger partial charge in [-0.2, -0.15) is 8.78 Å². The number of aliphatic imine (C=N–C) groups is 1. The number of para-hydroxylation sites is 2. The number of fused-ring (bicyclic) bond motifs is 1. The van der Waals surface area contributed by atoms with E-state index in [-0.39, 0.29) is 12.3 Å². The number of hydrogen-bond acceptors (Lipinski definition) is 3. The first kappa shape index (κ1) is 21.4. The van der Waals surface area contributed by atoms with Crippen molar-refractivity contribution in [3.05, 3.63) is 59.8 Å². The highest BCUT2D eigenvalue weighted by atomic mass is 19.3. The average molecular weight is 416 g/mol. The maximum absolute atomic E-state index is 12.9. The molecule has 30 heavy (non-hydrogen) atoms. The zero-order valence-corrected chi connectivity index (χ0v) is 17.0. The predicted molar refractivity (Wildman–Crippen MR) is 114 cm³/mol. The topological polar surface area (TPSA) is 70.7 Å². The fourth-order valence-corrected chi connectivity index (χ4v) is 3.18. The lowest BCUT2D eigenvalue weighted by molar-refractivity contribution is -0.0520. The molecule has 0 aliphatic heterocycles. The number of H-pyrrole nitrogens is 1. The van der Waals surface area contributed by atoms with E-state index in [1.165, 1.54) is 5.39 Å². The number of aromatic amines is 1. The van der Waals surface area contributed by atoms with Crippen LogP contribution in [-0.2, 0) is 13.0 Å². The lowest BCUT2D eigenvalue weighted by Crippen LogP contribution is -2.38. The standard InChI is InChI=1S/C22H26F2N4O2/c1-3-29-19-10-6-8-16(20(19)30-21(23)24)14-27-22(25-2)26-12-11-17-13-15-7-4-5-9-18(15)28-17/h4-10,13,21,28H,3,11-12,14H2,1-2H3,(H2,25,26,27). The van der Waals surface area contributed by atoms with E-state index in [1.54, 1.807) is 32.2 Å². The Morgan fingerprint density at radius 3 is 2.70 bits per heavy atom. The quantitative estimate of drug-likeness (QED) is 0.363. The highest BCUT2D eigenvalue weighted by Crippen LogP contribution is 2.32. The van der Waals surface area contributed by atoms with Gasteiger partial charge in [-0.15, -0.1) is 0 Å². The summed E-state index contributed by atoms with van der Waals surface area (Å²) in [7, 11) is 1.66. The predicted octanol–water partition coefficient (Wildman–Crippen LogP) is 4.08. The molecule has 6 nitrogen and oxygen atoms in total. The number of rotatable bonds is 9. The van der Waals surface area contributed by atoms with Crippen molar-refractivity contribution in [3.63, 3.8) is 0 Å². The van der Waals surface area contributed by atoms with Gasteiger partial charge in [0.15, 0.2) is 17.5 Å². The zero-order valence-electron chi connectivity index (χ0n) is 17.0. The minimum atomic E-state index is -2.93. The number of ether oxygens (including phenoxy) is 2. The lowest BCUT2D eigenvalue weighted by Gasteiger charge is -2.17. The van der Waals surface area contributed by atoms with Crippen molar-refractivity contribution in [1.82, 2.24) is 15.6 Å². The van der Waals surface area contributed by atoms with E-state index in [2.05, 4.69) is 32.7 Å². The van der Waals surface area contributed by atoms with Crippen molar-refractivity contribution >= 4 is 16.9 Å². The van der Waals surface area contributed by atoms with Crippen LogP contribution in [0.15, 0.2) is 53.5 Å². The number of nitrogens with zero attached hydrogens (tertiary/aromatic N) is 1. The number of halogens is 2. The summed E-state index contributed by atoms with van der Waals surface area (Å²) in [5.41, 5.74) is 2.78. The van der Waals surface area contributed by atoms with Gasteiger partial charge in [0.05, 0.1) is 6.61 Å². The van der Waals surface area contributed by atoms with Crippen molar-refractivity contribution in [2.75, 3.05) is 20.2 Å². The number of nitrogens with one attached hydrogen (secondary N) is 3. The lowest BCUT2D eigenvalue weighted by atomic mass is 10.2. The smallest absolute Gasteiger partial charge is 0.387 e. The van der Waals surface area contributed by atoms with E-state index in [0.717, 1.165) is 17.6 Å². The van der Waals surface area contributed by atoms with Crippen molar-refractivity contribution in [2.45, 2.75) is 26.5 Å². The third-order valence-corrected chi connectivity index (χ3v) is 4.51. The van der Waals surface area contributed by atoms with Gasteiger partial charge in [0.1, 0.15) is 0 Å². The van der Waals surface area contributed by atoms with E-state index in [9.17, 15) is 8.78 Å². The summed E-state index contributed by atoms with van der Waals surface area (Å²) in [6, 6.07) is 15.3. The summed E-state index contributed by atoms with van der Waals surface area (Å²) in [5.74, 6) is 0.894. The van der Waals surface area contributed by atoms with Crippen molar-refractivity contribution in [1.29, 1.82) is 0 Å². The maximum Gasteiger partial charge on any atom is 0.387 e. The van der Waals surface area contributed by atoms with Crippen molar-refractivity contribution in [3.8, 4) is 11.5 Å². The Morgan fingerprint density at radius 1 is 1.13 bits per heavy atom. The summed E-state index contributed by atoms with van der Waals surface area (Å²) in [6.45, 7) is 0.128. The Hall–Kier alpha value is -3.29. The molecule has 0 spiro atoms. The second kappa shape index (κ2) is 10.5. The molecule has 1 heterocycles. The highest BCUT2D eigenvalue weighted by Gasteiger charge is 2.16. The molecule has 0 aliphatic carbocycles. The van der Waals surface area contributed by atoms with Gasteiger partial charge < -0.3 is 25.1 Å². The average Bonchev–Trinajstić information content (AvgIpc) is 3.15. The molecule has 0 atom stereocenters. The van der Waals surface area contributed by atoms with Crippen LogP contribution < -0.4 is 20.1 Å². The normalized spacial score (nSPS) is 11.7. The highest BCUT2D eigenvalue weighted by molar-refractivity contribution is 5.81. The van der Waals surface area contributed by atoms with E-state index >= 15 is 0 Å². The summed E-state index contributed by atoms with van der Waals surface area (Å²) in [5, 5.41) is 7.54. The van der Waals surface area contributed by atoms with E-state index < -0.39 is 6.61 Å². The Kier molecular flexibility index (Phi) is 7.48. The molecule has 2 aromatic carbocycles. The minimum absolute atomic E-state index is 0.0374. The molecule has 0 bridgehead atoms. The molecule has 0 fully saturated rings. The molecule has 160 valence electrons. The fourth-order valence-electron chi connectivity index (χ4n) is 3.18. The van der Waals surface area contributed by atoms with Crippen LogP contribution in [0.5, 0.6) is 11.5 Å². The summed E-state index contributed by atoms with van der Waals surface area (Å²) >= 11 is 0. The van der Waals surface area contributed by atoms with Gasteiger partial charge in [-0.25, -0.2) is 0 Å². The second-order valence-electron chi connectivity index (χ2n) is 6.54. The molecule has 0 aliphatic rings. The first-order valence-electron chi connectivity index (χ1n) is 9.81. The van der Waals surface area contributed by atoms with Crippen LogP contribution >= 0.6 is 0 Å². The molecular formula is C22H26F2N4O2. The van der Waals surface area contributed by atoms with Gasteiger partial charge in [0.2, 0.25) is 0 Å².